The molecule has 6 bridgehead atoms. The van der Waals surface area contributed by atoms with Gasteiger partial charge in [0.15, 0.2) is 17.1 Å². The summed E-state index contributed by atoms with van der Waals surface area (Å²) in [6.45, 7) is 21.8. The molecule has 6 unspecified atom stereocenters. The van der Waals surface area contributed by atoms with Gasteiger partial charge in [-0.1, -0.05) is 195 Å². The molecule has 526 valence electrons. The van der Waals surface area contributed by atoms with Crippen LogP contribution in [-0.2, 0) is 20.7 Å². The van der Waals surface area contributed by atoms with E-state index in [9.17, 15) is 33.9 Å². The van der Waals surface area contributed by atoms with Crippen molar-refractivity contribution in [3.8, 4) is 5.75 Å². The number of para-hydroxylation sites is 2. The van der Waals surface area contributed by atoms with Crippen LogP contribution in [0.5, 0.6) is 5.75 Å². The van der Waals surface area contributed by atoms with E-state index in [0.717, 1.165) is 118 Å². The molecule has 13 aliphatic rings. The molecule has 2 aliphatic heterocycles. The maximum atomic E-state index is 12.5. The van der Waals surface area contributed by atoms with Crippen LogP contribution in [0.1, 0.15) is 197 Å². The van der Waals surface area contributed by atoms with Crippen molar-refractivity contribution < 1.29 is 43.3 Å². The highest BCUT2D eigenvalue weighted by atomic mass is 16.5. The van der Waals surface area contributed by atoms with E-state index in [1.54, 1.807) is 61.5 Å². The van der Waals surface area contributed by atoms with E-state index in [0.29, 0.717) is 67.6 Å². The molecule has 13 nitrogen and oxygen atoms in total. The molecule has 3 heterocycles. The van der Waals surface area contributed by atoms with Crippen LogP contribution in [0.3, 0.4) is 0 Å². The summed E-state index contributed by atoms with van der Waals surface area (Å²) >= 11 is 0. The van der Waals surface area contributed by atoms with Gasteiger partial charge in [0.25, 0.3) is 0 Å². The topological polar surface area (TPSA) is 219 Å². The lowest BCUT2D eigenvalue weighted by atomic mass is 9.45. The van der Waals surface area contributed by atoms with Gasteiger partial charge in [0.05, 0.1) is 33.4 Å². The highest BCUT2D eigenvalue weighted by Crippen LogP contribution is 2.66. The zero-order chi connectivity index (χ0) is 71.8. The normalized spacial score (nSPS) is 25.2. The number of rotatable bonds is 3. The number of nitrogens with two attached hydrogens (primary N) is 2. The van der Waals surface area contributed by atoms with Gasteiger partial charge < -0.3 is 26.0 Å². The molecule has 6 atom stereocenters. The molecule has 8 aromatic carbocycles. The third-order valence-corrected chi connectivity index (χ3v) is 25.0. The Hall–Kier alpha value is -10.2. The van der Waals surface area contributed by atoms with Crippen LogP contribution in [0.4, 0.5) is 11.4 Å². The first kappa shape index (κ1) is 71.2. The van der Waals surface area contributed by atoms with Crippen molar-refractivity contribution >= 4 is 90.4 Å². The first-order valence-electron chi connectivity index (χ1n) is 36.1. The number of aliphatic hydroxyl groups is 1. The van der Waals surface area contributed by atoms with Crippen molar-refractivity contribution in [2.24, 2.45) is 51.8 Å². The number of fused-ring (bicyclic) bond motifs is 12. The molecule has 9 saturated carbocycles. The molecule has 0 amide bonds. The number of hydrogen-bond acceptors (Lipinski definition) is 13. The van der Waals surface area contributed by atoms with Crippen molar-refractivity contribution in [1.29, 1.82) is 0 Å². The Labute approximate surface area is 604 Å². The summed E-state index contributed by atoms with van der Waals surface area (Å²) in [5.41, 5.74) is 24.6. The second-order valence-electron chi connectivity index (χ2n) is 31.8. The largest absolute Gasteiger partial charge is 0.507 e. The first-order chi connectivity index (χ1) is 48.7. The second-order valence-corrected chi connectivity index (χ2v) is 31.8. The maximum Gasteiger partial charge on any atom is 0.234 e. The van der Waals surface area contributed by atoms with E-state index in [1.165, 1.54) is 67.5 Å². The monoisotopic (exact) mass is 1370 g/mol. The van der Waals surface area contributed by atoms with E-state index < -0.39 is 11.6 Å². The van der Waals surface area contributed by atoms with Crippen molar-refractivity contribution in [3.63, 3.8) is 0 Å². The van der Waals surface area contributed by atoms with E-state index in [1.807, 2.05) is 78.9 Å². The molecule has 0 saturated heterocycles. The summed E-state index contributed by atoms with van der Waals surface area (Å²) in [4.78, 5) is 79.8. The van der Waals surface area contributed by atoms with Gasteiger partial charge >= 0.3 is 0 Å². The minimum Gasteiger partial charge on any atom is -0.507 e. The number of carbonyl (C=O) groups excluding carboxylic acids is 6. The number of Topliss-reactive ketones (excluding diaryl/α,β-unsaturated/α-hetero) is 4. The number of hydrogen-bond donors (Lipinski definition) is 3. The number of allylic oxidation sites excluding steroid dienone is 3. The van der Waals surface area contributed by atoms with Crippen molar-refractivity contribution in [1.82, 2.24) is 9.97 Å². The number of nitrogen functional groups attached to an aromatic ring is 2. The zero-order valence-corrected chi connectivity index (χ0v) is 59.3. The van der Waals surface area contributed by atoms with Gasteiger partial charge in [0, 0.05) is 79.8 Å². The molecule has 22 rings (SSSR count). The van der Waals surface area contributed by atoms with Crippen LogP contribution < -0.4 is 16.2 Å². The lowest BCUT2D eigenvalue weighted by Gasteiger charge is -2.63. The van der Waals surface area contributed by atoms with Gasteiger partial charge in [-0.3, -0.25) is 28.8 Å². The molecule has 1 aromatic heterocycles. The van der Waals surface area contributed by atoms with Crippen LogP contribution >= 0.6 is 0 Å². The molecule has 103 heavy (non-hydrogen) atoms. The Kier molecular flexibility index (Phi) is 19.0. The number of benzene rings is 8. The Balaban J connectivity index is 0.000000116. The summed E-state index contributed by atoms with van der Waals surface area (Å²) in [5.74, 6) is 4.58. The maximum absolute atomic E-state index is 12.5. The fourth-order valence-electron chi connectivity index (χ4n) is 18.0. The number of anilines is 2. The Morgan fingerprint density at radius 2 is 0.961 bits per heavy atom. The molecular formula is C90H93N4O9+. The van der Waals surface area contributed by atoms with Crippen molar-refractivity contribution in [2.75, 3.05) is 11.5 Å². The number of carbonyl (C=O) groups is 6. The highest BCUT2D eigenvalue weighted by molar-refractivity contribution is 6.52. The third-order valence-electron chi connectivity index (χ3n) is 25.0. The lowest BCUT2D eigenvalue weighted by molar-refractivity contribution is -0.169. The number of nitrogens with zero attached hydrogens (tertiary/aromatic N) is 2. The summed E-state index contributed by atoms with van der Waals surface area (Å²) in [6.07, 6.45) is 15.7. The molecule has 11 aliphatic carbocycles. The molecule has 13 heteroatoms. The highest BCUT2D eigenvalue weighted by Gasteiger charge is 2.61. The number of aliphatic hydroxyl groups excluding tert-OH is 1. The Morgan fingerprint density at radius 3 is 1.50 bits per heavy atom. The second kappa shape index (κ2) is 27.5. The van der Waals surface area contributed by atoms with Gasteiger partial charge in [-0.05, 0) is 160 Å². The van der Waals surface area contributed by atoms with E-state index >= 15 is 0 Å². The number of ether oxygens (including phenoxy) is 2. The average Bonchev–Trinajstić information content (AvgIpc) is 0.711. The summed E-state index contributed by atoms with van der Waals surface area (Å²) in [7, 11) is 0. The quantitative estimate of drug-likeness (QED) is 0.0375. The van der Waals surface area contributed by atoms with E-state index in [2.05, 4.69) is 77.9 Å². The standard InChI is InChI=1S/C27H26N2O.C21H22O3.C13H12N2O.C10H6O3.C10H15.C8H8O.CH4/c1-26(2)16-13-17(26)15-27(14-16)12-11-20-24-23(28-21-9-5-6-10-22(21)29-24)18-7-3-4-8-19(18)25(20)30-27;1-20(2)12-9-13(20)11-21(10-12)8-7-16-18(23)17(22)14-5-3-4-6-15(14)19(16)24-21;14-11-7-6-10(8-12(11)15)13(16)9-4-2-1-3-5-9;11-8-5-9(12)10(13)7-4-2-1-3-6(7)8;1-7-4-8-6-9(5-7)10(8,2)3;1-7(9)8-5-3-2-4-6-8;/h3-10,16-17H,11-15H2,1-2H3;3-6,12-13H,7-11H2,1-2H3;1-8H,14-15H2;1-5,11H;1,8-9H,4-6H2,2-3H3;2-6H,1H3;1H4/q;;;;+1;;. The third kappa shape index (κ3) is 13.2. The number of aryl methyl sites for hydroxylation is 1. The molecule has 0 radical (unpaired) electrons. The fourth-order valence-corrected chi connectivity index (χ4v) is 18.0. The molecule has 9 aromatic rings. The van der Waals surface area contributed by atoms with Gasteiger partial charge in [-0.2, -0.15) is 0 Å². The molecule has 5 N–H and O–H groups in total. The summed E-state index contributed by atoms with van der Waals surface area (Å²) < 4.78 is 13.6. The minimum atomic E-state index is -0.670. The predicted molar refractivity (Wildman–Crippen MR) is 408 cm³/mol. The Bertz CT molecular complexity index is 4940. The minimum absolute atomic E-state index is 0. The lowest BCUT2D eigenvalue weighted by Crippen LogP contribution is -2.59. The van der Waals surface area contributed by atoms with Crippen LogP contribution in [0, 0.1) is 58.3 Å². The van der Waals surface area contributed by atoms with Crippen LogP contribution in [-0.4, -0.2) is 61.0 Å². The van der Waals surface area contributed by atoms with Gasteiger partial charge in [0.1, 0.15) is 28.5 Å². The number of aromatic nitrogens is 2. The molecule has 2 spiro atoms. The van der Waals surface area contributed by atoms with Crippen LogP contribution in [0.2, 0.25) is 0 Å². The van der Waals surface area contributed by atoms with Gasteiger partial charge in [-0.25, -0.2) is 9.97 Å². The molecule has 9 fully saturated rings. The van der Waals surface area contributed by atoms with Crippen molar-refractivity contribution in [2.45, 2.75) is 151 Å². The molecular weight excluding hydrogens is 1280 g/mol. The van der Waals surface area contributed by atoms with Gasteiger partial charge in [0.2, 0.25) is 29.7 Å². The SMILES string of the molecule is C.CC(=O)c1ccccc1.CC1(C)C2CC1CC1(CCC3=C(O1)c1ccccc1C(=O)C3=O)C2.CC1(C)C2CC1CC1(CCc3c(c4ccccc4c4nc5ccccc5nc34)O1)C2.Nc1ccc(C(=O)c2ccccc2)cc1N.O=C1C=C(O)c2ccccc2C1=O.[CH+]=C1CC2CC(C1)C2(C)C. The summed E-state index contributed by atoms with van der Waals surface area (Å²) in [5, 5.41) is 11.7. The van der Waals surface area contributed by atoms with Gasteiger partial charge in [-0.15, -0.1) is 0 Å². The van der Waals surface area contributed by atoms with Crippen LogP contribution in [0.25, 0.3) is 44.4 Å². The van der Waals surface area contributed by atoms with E-state index in [4.69, 9.17) is 37.5 Å². The Morgan fingerprint density at radius 1 is 0.495 bits per heavy atom. The van der Waals surface area contributed by atoms with Crippen LogP contribution in [0.15, 0.2) is 193 Å². The first-order valence-corrected chi connectivity index (χ1v) is 36.1. The average molecular weight is 1370 g/mol. The summed E-state index contributed by atoms with van der Waals surface area (Å²) in [6, 6.07) is 53.9. The van der Waals surface area contributed by atoms with Crippen molar-refractivity contribution in [3.05, 3.63) is 244 Å². The predicted octanol–water partition coefficient (Wildman–Crippen LogP) is 19.4. The smallest absolute Gasteiger partial charge is 0.234 e. The fraction of sp³-hybridized carbons (Fsp3) is 0.356. The number of ketones is 6. The zero-order valence-electron chi connectivity index (χ0n) is 59.3. The van der Waals surface area contributed by atoms with E-state index in [-0.39, 0.29) is 53.1 Å².